The van der Waals surface area contributed by atoms with E-state index in [-0.39, 0.29) is 56.4 Å². The van der Waals surface area contributed by atoms with Crippen LogP contribution in [0.5, 0.6) is 0 Å². The summed E-state index contributed by atoms with van der Waals surface area (Å²) >= 11 is 4.16. The van der Waals surface area contributed by atoms with Gasteiger partial charge in [0.05, 0.1) is 19.8 Å². The van der Waals surface area contributed by atoms with Crippen LogP contribution in [0, 0.1) is 5.92 Å². The lowest BCUT2D eigenvalue weighted by atomic mass is 10.0. The molecule has 0 unspecified atom stereocenters. The number of aliphatic hydroxyl groups excluding tert-OH is 2. The predicted molar refractivity (Wildman–Crippen MR) is 214 cm³/mol. The Morgan fingerprint density at radius 1 is 0.746 bits per heavy atom. The summed E-state index contributed by atoms with van der Waals surface area (Å²) in [5, 5.41) is 44.8. The number of carbonyl (C=O) groups is 9. The molecule has 24 nitrogen and oxygen atoms in total. The van der Waals surface area contributed by atoms with Crippen LogP contribution < -0.4 is 54.4 Å². The zero-order valence-electron chi connectivity index (χ0n) is 33.6. The fourth-order valence-corrected chi connectivity index (χ4v) is 5.82. The van der Waals surface area contributed by atoms with Gasteiger partial charge in [0.15, 0.2) is 5.96 Å². The van der Waals surface area contributed by atoms with Crippen LogP contribution in [0.2, 0.25) is 0 Å². The number of likely N-dealkylation sites (tertiary alicyclic amines) is 1. The number of rotatable bonds is 25. The summed E-state index contributed by atoms with van der Waals surface area (Å²) in [6.07, 6.45) is 1.04. The third kappa shape index (κ3) is 18.0. The van der Waals surface area contributed by atoms with Crippen LogP contribution in [0.4, 0.5) is 0 Å². The number of thiol groups is 1. The van der Waals surface area contributed by atoms with Crippen molar-refractivity contribution in [2.24, 2.45) is 28.1 Å². The Morgan fingerprint density at radius 2 is 1.31 bits per heavy atom. The van der Waals surface area contributed by atoms with Gasteiger partial charge in [0.25, 0.3) is 0 Å². The summed E-state index contributed by atoms with van der Waals surface area (Å²) in [5.41, 5.74) is 16.0. The van der Waals surface area contributed by atoms with E-state index in [1.165, 1.54) is 18.7 Å². The molecule has 1 fully saturated rings. The molecule has 1 saturated heterocycles. The van der Waals surface area contributed by atoms with Gasteiger partial charge >= 0.3 is 5.97 Å². The first-order valence-electron chi connectivity index (χ1n) is 18.9. The van der Waals surface area contributed by atoms with Crippen LogP contribution in [0.1, 0.15) is 59.8 Å². The van der Waals surface area contributed by atoms with Crippen molar-refractivity contribution in [1.29, 1.82) is 0 Å². The Balaban J connectivity index is 2.81. The van der Waals surface area contributed by atoms with Crippen molar-refractivity contribution in [2.75, 3.05) is 38.6 Å². The monoisotopic (exact) mass is 860 g/mol. The van der Waals surface area contributed by atoms with Gasteiger partial charge in [0.1, 0.15) is 48.3 Å². The standard InChI is InChI=1S/C34H60N12O12S/c1-16(2)11-21(29(53)42-20(33(57)58)7-5-9-38-34(36)37)43-27(51)18(4)41-31(55)23(15-59)45-32(56)24-8-6-10-46(24)25(49)12-39-26(50)17(3)40-30(54)22(14-48)44-28(52)19(35)13-47/h16-24,47-48,59H,5-15,35H2,1-4H3,(H,39,50)(H,40,54)(H,41,55)(H,42,53)(H,43,51)(H,44,52)(H,45,56)(H,57,58)(H4,36,37,38)/t17-,18-,19-,20-,21-,22-,23-,24-/m0/s1. The van der Waals surface area contributed by atoms with Crippen LogP contribution >= 0.6 is 12.6 Å². The van der Waals surface area contributed by atoms with Crippen LogP contribution in [-0.4, -0.2) is 166 Å². The van der Waals surface area contributed by atoms with Crippen molar-refractivity contribution >= 4 is 71.8 Å². The second-order valence-electron chi connectivity index (χ2n) is 14.2. The average Bonchev–Trinajstić information content (AvgIpc) is 3.68. The number of nitrogens with one attached hydrogen (secondary N) is 7. The van der Waals surface area contributed by atoms with Crippen LogP contribution in [0.3, 0.4) is 0 Å². The van der Waals surface area contributed by atoms with Gasteiger partial charge in [-0.05, 0) is 51.9 Å². The van der Waals surface area contributed by atoms with E-state index in [9.17, 15) is 53.4 Å². The Kier molecular flexibility index (Phi) is 22.8. The maximum absolute atomic E-state index is 13.3. The Bertz CT molecular complexity index is 1530. The molecular formula is C34H60N12O12S. The lowest BCUT2D eigenvalue weighted by Crippen LogP contribution is -2.59. The highest BCUT2D eigenvalue weighted by atomic mass is 32.1. The maximum atomic E-state index is 13.3. The highest BCUT2D eigenvalue weighted by molar-refractivity contribution is 7.80. The first kappa shape index (κ1) is 51.7. The molecule has 1 rings (SSSR count). The Hall–Kier alpha value is -5.27. The number of nitrogens with two attached hydrogens (primary N) is 3. The third-order valence-electron chi connectivity index (χ3n) is 8.86. The fourth-order valence-electron chi connectivity index (χ4n) is 5.56. The second kappa shape index (κ2) is 26.0. The molecule has 0 radical (unpaired) electrons. The van der Waals surface area contributed by atoms with Crippen LogP contribution in [0.25, 0.3) is 0 Å². The number of aliphatic hydroxyl groups is 2. The molecule has 8 atom stereocenters. The summed E-state index contributed by atoms with van der Waals surface area (Å²) in [7, 11) is 0. The van der Waals surface area contributed by atoms with E-state index in [2.05, 4.69) is 54.8 Å². The fraction of sp³-hybridized carbons (Fsp3) is 0.706. The SMILES string of the molecule is CC(C)C[C@H](NC(=O)[C@H](C)NC(=O)[C@H](CS)NC(=O)[C@@H]1CCCN1C(=O)CNC(=O)[C@H](C)NC(=O)[C@H](CO)NC(=O)[C@@H](N)CO)C(=O)N[C@@H](CCCN=C(N)N)C(=O)O. The van der Waals surface area contributed by atoms with E-state index in [1.54, 1.807) is 13.8 Å². The zero-order valence-corrected chi connectivity index (χ0v) is 34.5. The smallest absolute Gasteiger partial charge is 0.326 e. The molecule has 1 aliphatic rings. The molecule has 0 aromatic rings. The highest BCUT2D eigenvalue weighted by Gasteiger charge is 2.37. The minimum Gasteiger partial charge on any atom is -0.480 e. The van der Waals surface area contributed by atoms with Gasteiger partial charge in [0.2, 0.25) is 47.3 Å². The summed E-state index contributed by atoms with van der Waals surface area (Å²) in [5.74, 6) is -8.10. The molecule has 0 aliphatic carbocycles. The molecular weight excluding hydrogens is 801 g/mol. The van der Waals surface area contributed by atoms with Crippen molar-refractivity contribution in [2.45, 2.75) is 108 Å². The van der Waals surface area contributed by atoms with Gasteiger partial charge in [-0.2, -0.15) is 12.6 Å². The molecule has 0 saturated carbocycles. The molecule has 25 heteroatoms. The van der Waals surface area contributed by atoms with Gasteiger partial charge in [-0.15, -0.1) is 0 Å². The number of aliphatic imine (C=N–C) groups is 1. The molecule has 0 aromatic heterocycles. The van der Waals surface area contributed by atoms with E-state index in [1.807, 2.05) is 0 Å². The van der Waals surface area contributed by atoms with Gasteiger partial charge in [-0.25, -0.2) is 4.79 Å². The first-order chi connectivity index (χ1) is 27.7. The minimum atomic E-state index is -1.48. The molecule has 8 amide bonds. The summed E-state index contributed by atoms with van der Waals surface area (Å²) in [6.45, 7) is 4.39. The predicted octanol–water partition coefficient (Wildman–Crippen LogP) is -6.53. The number of nitrogens with zero attached hydrogens (tertiary/aromatic N) is 2. The third-order valence-corrected chi connectivity index (χ3v) is 9.22. The van der Waals surface area contributed by atoms with Gasteiger partial charge in [-0.1, -0.05) is 13.8 Å². The minimum absolute atomic E-state index is 0.00878. The van der Waals surface area contributed by atoms with Crippen LogP contribution in [-0.2, 0) is 43.2 Å². The van der Waals surface area contributed by atoms with Crippen LogP contribution in [0.15, 0.2) is 4.99 Å². The number of amides is 8. The normalized spacial score (nSPS) is 17.1. The lowest BCUT2D eigenvalue weighted by molar-refractivity contribution is -0.142. The highest BCUT2D eigenvalue weighted by Crippen LogP contribution is 2.18. The van der Waals surface area contributed by atoms with E-state index < -0.39 is 121 Å². The quantitative estimate of drug-likeness (QED) is 0.0176. The Morgan fingerprint density at radius 3 is 1.85 bits per heavy atom. The van der Waals surface area contributed by atoms with E-state index in [0.29, 0.717) is 6.42 Å². The number of hydrogen-bond donors (Lipinski definition) is 14. The first-order valence-corrected chi connectivity index (χ1v) is 19.6. The molecule has 59 heavy (non-hydrogen) atoms. The van der Waals surface area contributed by atoms with Crippen molar-refractivity contribution < 1.29 is 58.5 Å². The summed E-state index contributed by atoms with van der Waals surface area (Å²) < 4.78 is 0. The molecule has 1 aliphatic heterocycles. The molecule has 16 N–H and O–H groups in total. The number of carboxylic acids is 1. The zero-order chi connectivity index (χ0) is 45.0. The van der Waals surface area contributed by atoms with Crippen molar-refractivity contribution in [3.8, 4) is 0 Å². The number of carboxylic acid groups (broad SMARTS) is 1. The molecule has 0 bridgehead atoms. The Labute approximate surface area is 346 Å². The van der Waals surface area contributed by atoms with Gasteiger partial charge < -0.3 is 74.6 Å². The maximum Gasteiger partial charge on any atom is 0.326 e. The molecule has 0 spiro atoms. The molecule has 334 valence electrons. The topological polar surface area (TPSA) is 392 Å². The number of guanidine groups is 1. The average molecular weight is 861 g/mol. The molecule has 1 heterocycles. The van der Waals surface area contributed by atoms with E-state index in [4.69, 9.17) is 22.3 Å². The van der Waals surface area contributed by atoms with Crippen molar-refractivity contribution in [1.82, 2.24) is 42.1 Å². The van der Waals surface area contributed by atoms with E-state index in [0.717, 1.165) is 0 Å². The number of hydrogen-bond acceptors (Lipinski definition) is 14. The van der Waals surface area contributed by atoms with Crippen molar-refractivity contribution in [3.63, 3.8) is 0 Å². The molecule has 0 aromatic carbocycles. The number of carbonyl (C=O) groups excluding carboxylic acids is 8. The second-order valence-corrected chi connectivity index (χ2v) is 14.6. The largest absolute Gasteiger partial charge is 0.480 e. The number of aliphatic carboxylic acids is 1. The summed E-state index contributed by atoms with van der Waals surface area (Å²) in [6, 6.07) is -10.0. The lowest BCUT2D eigenvalue weighted by Gasteiger charge is -2.27. The van der Waals surface area contributed by atoms with Gasteiger partial charge in [-0.3, -0.25) is 43.3 Å². The van der Waals surface area contributed by atoms with Gasteiger partial charge in [0, 0.05) is 18.8 Å². The summed E-state index contributed by atoms with van der Waals surface area (Å²) in [4.78, 5) is 120. The van der Waals surface area contributed by atoms with Crippen molar-refractivity contribution in [3.05, 3.63) is 0 Å². The van der Waals surface area contributed by atoms with E-state index >= 15 is 0 Å².